The number of rotatable bonds is 20. The minimum atomic E-state index is -1.81. The number of hydrogen-bond acceptors (Lipinski definition) is 23. The SMILES string of the molecule is CN(C)c1nc(NCC(O)C(O)C(O)C(O)CO)nc(Nc2ccc(Nc3nc(NCC(O)C(O)C(O)C(O)CO)nc(N(C)C)n3)c(O)c2)n1. The summed E-state index contributed by atoms with van der Waals surface area (Å²) in [6.45, 7) is -2.35. The van der Waals surface area contributed by atoms with E-state index >= 15 is 0 Å². The van der Waals surface area contributed by atoms with Gasteiger partial charge < -0.3 is 87.2 Å². The maximum absolute atomic E-state index is 10.8. The number of phenols is 1. The van der Waals surface area contributed by atoms with Crippen LogP contribution in [0.1, 0.15) is 0 Å². The van der Waals surface area contributed by atoms with Gasteiger partial charge in [-0.1, -0.05) is 0 Å². The van der Waals surface area contributed by atoms with Crippen molar-refractivity contribution in [3.05, 3.63) is 18.2 Å². The summed E-state index contributed by atoms with van der Waals surface area (Å²) in [5.41, 5.74) is 0.511. The fraction of sp³-hybridized carbons (Fsp3) is 0.571. The maximum atomic E-state index is 10.8. The fourth-order valence-corrected chi connectivity index (χ4v) is 4.12. The molecule has 0 saturated carbocycles. The van der Waals surface area contributed by atoms with Crippen LogP contribution in [0.2, 0.25) is 0 Å². The van der Waals surface area contributed by atoms with Crippen LogP contribution in [0.4, 0.5) is 47.1 Å². The highest BCUT2D eigenvalue weighted by molar-refractivity contribution is 5.69. The van der Waals surface area contributed by atoms with Gasteiger partial charge >= 0.3 is 0 Å². The third-order valence-corrected chi connectivity index (χ3v) is 7.14. The second-order valence-electron chi connectivity index (χ2n) is 11.7. The molecule has 3 rings (SSSR count). The van der Waals surface area contributed by atoms with Crippen LogP contribution in [0, 0.1) is 0 Å². The van der Waals surface area contributed by atoms with Crippen molar-refractivity contribution >= 4 is 47.1 Å². The molecule has 2 aromatic heterocycles. The first-order valence-electron chi connectivity index (χ1n) is 15.4. The van der Waals surface area contributed by atoms with Gasteiger partial charge in [0.15, 0.2) is 0 Å². The van der Waals surface area contributed by atoms with Crippen LogP contribution in [0.5, 0.6) is 5.75 Å². The van der Waals surface area contributed by atoms with Crippen LogP contribution in [0.3, 0.4) is 0 Å². The molecule has 0 aliphatic rings. The highest BCUT2D eigenvalue weighted by Gasteiger charge is 2.31. The number of anilines is 8. The van der Waals surface area contributed by atoms with Gasteiger partial charge in [-0.2, -0.15) is 29.9 Å². The van der Waals surface area contributed by atoms with Crippen molar-refractivity contribution in [1.29, 1.82) is 0 Å². The Morgan fingerprint density at radius 1 is 0.549 bits per heavy atom. The summed E-state index contributed by atoms with van der Waals surface area (Å²) in [4.78, 5) is 28.6. The van der Waals surface area contributed by atoms with Gasteiger partial charge in [0.05, 0.1) is 31.1 Å². The number of aliphatic hydroxyl groups is 10. The van der Waals surface area contributed by atoms with E-state index in [9.17, 15) is 46.0 Å². The molecule has 0 amide bonds. The molecule has 23 heteroatoms. The lowest BCUT2D eigenvalue weighted by atomic mass is 10.0. The lowest BCUT2D eigenvalue weighted by molar-refractivity contribution is -0.111. The van der Waals surface area contributed by atoms with Crippen LogP contribution in [-0.2, 0) is 0 Å². The fourth-order valence-electron chi connectivity index (χ4n) is 4.12. The van der Waals surface area contributed by atoms with Crippen molar-refractivity contribution in [3.8, 4) is 5.75 Å². The number of aromatic hydroxyl groups is 1. The molecular weight excluding hydrogens is 680 g/mol. The summed E-state index contributed by atoms with van der Waals surface area (Å²) in [5.74, 6) is 0.0466. The highest BCUT2D eigenvalue weighted by Crippen LogP contribution is 2.30. The van der Waals surface area contributed by atoms with Crippen molar-refractivity contribution < 1.29 is 56.2 Å². The third-order valence-electron chi connectivity index (χ3n) is 7.14. The zero-order valence-electron chi connectivity index (χ0n) is 28.2. The normalized spacial score (nSPS) is 16.2. The minimum Gasteiger partial charge on any atom is -0.506 e. The Morgan fingerprint density at radius 2 is 0.941 bits per heavy atom. The van der Waals surface area contributed by atoms with Crippen LogP contribution < -0.4 is 31.1 Å². The zero-order chi connectivity index (χ0) is 38.0. The molecule has 1 aromatic carbocycles. The number of hydrogen-bond donors (Lipinski definition) is 15. The van der Waals surface area contributed by atoms with Gasteiger partial charge in [-0.05, 0) is 12.1 Å². The van der Waals surface area contributed by atoms with Gasteiger partial charge in [0, 0.05) is 53.0 Å². The van der Waals surface area contributed by atoms with E-state index in [1.807, 2.05) is 0 Å². The second-order valence-corrected chi connectivity index (χ2v) is 11.7. The topological polar surface area (TPSA) is 354 Å². The largest absolute Gasteiger partial charge is 0.506 e. The first-order chi connectivity index (χ1) is 24.0. The molecule has 3 aromatic rings. The van der Waals surface area contributed by atoms with E-state index in [0.29, 0.717) is 5.69 Å². The molecule has 15 N–H and O–H groups in total. The van der Waals surface area contributed by atoms with Crippen LogP contribution >= 0.6 is 0 Å². The Labute approximate surface area is 291 Å². The van der Waals surface area contributed by atoms with E-state index in [1.54, 1.807) is 44.1 Å². The molecule has 2 heterocycles. The Hall–Kier alpha value is -4.56. The molecule has 0 spiro atoms. The van der Waals surface area contributed by atoms with E-state index < -0.39 is 62.0 Å². The Morgan fingerprint density at radius 3 is 1.33 bits per heavy atom. The number of aliphatic hydroxyl groups excluding tert-OH is 10. The van der Waals surface area contributed by atoms with Crippen molar-refractivity contribution in [2.75, 3.05) is 85.6 Å². The lowest BCUT2D eigenvalue weighted by Crippen LogP contribution is -2.48. The summed E-state index contributed by atoms with van der Waals surface area (Å²) in [5, 5.41) is 119. The molecule has 8 atom stereocenters. The first-order valence-corrected chi connectivity index (χ1v) is 15.4. The van der Waals surface area contributed by atoms with Crippen molar-refractivity contribution in [2.24, 2.45) is 0 Å². The number of phenolic OH excluding ortho intramolecular Hbond substituents is 1. The Kier molecular flexibility index (Phi) is 14.9. The van der Waals surface area contributed by atoms with Crippen molar-refractivity contribution in [1.82, 2.24) is 29.9 Å². The number of nitrogens with zero attached hydrogens (tertiary/aromatic N) is 8. The van der Waals surface area contributed by atoms with Gasteiger partial charge in [0.25, 0.3) is 0 Å². The molecule has 0 aliphatic carbocycles. The average Bonchev–Trinajstić information content (AvgIpc) is 3.11. The van der Waals surface area contributed by atoms with E-state index in [1.165, 1.54) is 12.1 Å². The lowest BCUT2D eigenvalue weighted by Gasteiger charge is -2.25. The smallest absolute Gasteiger partial charge is 0.233 e. The molecular formula is C28H46N12O11. The molecule has 0 fully saturated rings. The molecule has 0 radical (unpaired) electrons. The zero-order valence-corrected chi connectivity index (χ0v) is 28.2. The number of nitrogens with one attached hydrogen (secondary N) is 4. The van der Waals surface area contributed by atoms with Gasteiger partial charge in [-0.15, -0.1) is 0 Å². The van der Waals surface area contributed by atoms with E-state index in [2.05, 4.69) is 51.2 Å². The quantitative estimate of drug-likeness (QED) is 0.0485. The van der Waals surface area contributed by atoms with Crippen LogP contribution in [0.15, 0.2) is 18.2 Å². The van der Waals surface area contributed by atoms with Crippen molar-refractivity contribution in [3.63, 3.8) is 0 Å². The number of benzene rings is 1. The van der Waals surface area contributed by atoms with E-state index in [-0.39, 0.29) is 60.2 Å². The summed E-state index contributed by atoms with van der Waals surface area (Å²) < 4.78 is 0. The number of aromatic nitrogens is 6. The summed E-state index contributed by atoms with van der Waals surface area (Å²) in [7, 11) is 6.67. The molecule has 8 unspecified atom stereocenters. The predicted octanol–water partition coefficient (Wildman–Crippen LogP) is -4.92. The van der Waals surface area contributed by atoms with Gasteiger partial charge in [0.2, 0.25) is 35.7 Å². The summed E-state index contributed by atoms with van der Waals surface area (Å²) in [6.07, 6.45) is -13.7. The van der Waals surface area contributed by atoms with Crippen LogP contribution in [0.25, 0.3) is 0 Å². The third kappa shape index (κ3) is 11.5. The molecule has 0 bridgehead atoms. The first kappa shape index (κ1) is 40.9. The molecule has 0 saturated heterocycles. The standard InChI is InChI=1S/C28H46N12O11/c1-39(2)27-35-23(29-8-15(44)19(48)21(50)17(46)10-41)33-25(37-27)31-12-5-6-13(14(43)7-12)32-26-34-24(36-28(38-26)40(3)4)30-9-16(45)20(49)22(51)18(47)11-42/h5-7,15-22,41-51H,8-11H2,1-4H3,(H2,29,31,33,35,37)(H2,30,32,34,36,38). The summed E-state index contributed by atoms with van der Waals surface area (Å²) >= 11 is 0. The van der Waals surface area contributed by atoms with E-state index in [0.717, 1.165) is 0 Å². The van der Waals surface area contributed by atoms with Crippen molar-refractivity contribution in [2.45, 2.75) is 48.8 Å². The monoisotopic (exact) mass is 726 g/mol. The van der Waals surface area contributed by atoms with Gasteiger partial charge in [0.1, 0.15) is 42.4 Å². The summed E-state index contributed by atoms with van der Waals surface area (Å²) in [6, 6.07) is 4.41. The predicted molar refractivity (Wildman–Crippen MR) is 182 cm³/mol. The molecule has 23 nitrogen and oxygen atoms in total. The van der Waals surface area contributed by atoms with Gasteiger partial charge in [-0.25, -0.2) is 0 Å². The van der Waals surface area contributed by atoms with Crippen LogP contribution in [-0.4, -0.2) is 189 Å². The second kappa shape index (κ2) is 18.6. The average molecular weight is 727 g/mol. The Bertz CT molecular complexity index is 1540. The van der Waals surface area contributed by atoms with Gasteiger partial charge in [-0.3, -0.25) is 0 Å². The Balaban J connectivity index is 1.74. The molecule has 0 aliphatic heterocycles. The molecule has 51 heavy (non-hydrogen) atoms. The maximum Gasteiger partial charge on any atom is 0.233 e. The van der Waals surface area contributed by atoms with E-state index in [4.69, 9.17) is 10.2 Å². The minimum absolute atomic E-state index is 0.0208. The highest BCUT2D eigenvalue weighted by atomic mass is 16.4. The molecule has 284 valence electrons.